The minimum Gasteiger partial charge on any atom is -0.479 e. The van der Waals surface area contributed by atoms with Crippen LogP contribution in [0, 0.1) is 5.82 Å². The molecule has 2 rings (SSSR count). The van der Waals surface area contributed by atoms with Gasteiger partial charge in [-0.1, -0.05) is 23.7 Å². The van der Waals surface area contributed by atoms with Crippen LogP contribution in [-0.4, -0.2) is 24.6 Å². The van der Waals surface area contributed by atoms with E-state index in [4.69, 9.17) is 21.1 Å². The maximum Gasteiger partial charge on any atom is 0.347 e. The zero-order valence-electron chi connectivity index (χ0n) is 12.8. The van der Waals surface area contributed by atoms with Crippen LogP contribution in [0.15, 0.2) is 48.5 Å². The molecule has 0 spiro atoms. The van der Waals surface area contributed by atoms with Crippen LogP contribution in [0.4, 0.5) is 10.1 Å². The van der Waals surface area contributed by atoms with E-state index >= 15 is 0 Å². The van der Waals surface area contributed by atoms with E-state index < -0.39 is 30.4 Å². The van der Waals surface area contributed by atoms with E-state index in [0.717, 1.165) is 6.07 Å². The normalized spacial score (nSPS) is 11.5. The lowest BCUT2D eigenvalue weighted by atomic mass is 10.3. The second kappa shape index (κ2) is 8.31. The van der Waals surface area contributed by atoms with Gasteiger partial charge in [0.25, 0.3) is 5.91 Å². The fourth-order valence-electron chi connectivity index (χ4n) is 1.81. The first-order valence-corrected chi connectivity index (χ1v) is 7.46. The van der Waals surface area contributed by atoms with Crippen molar-refractivity contribution in [3.05, 3.63) is 59.4 Å². The van der Waals surface area contributed by atoms with Crippen LogP contribution < -0.4 is 10.1 Å². The quantitative estimate of drug-likeness (QED) is 0.810. The Morgan fingerprint density at radius 2 is 1.96 bits per heavy atom. The molecular weight excluding hydrogens is 337 g/mol. The molecule has 0 saturated carbocycles. The van der Waals surface area contributed by atoms with Crippen LogP contribution in [0.2, 0.25) is 5.02 Å². The number of benzene rings is 2. The zero-order valence-corrected chi connectivity index (χ0v) is 13.5. The third kappa shape index (κ3) is 5.55. The van der Waals surface area contributed by atoms with Gasteiger partial charge in [0, 0.05) is 10.7 Å². The predicted octanol–water partition coefficient (Wildman–Crippen LogP) is 3.43. The van der Waals surface area contributed by atoms with Crippen molar-refractivity contribution in [1.29, 1.82) is 0 Å². The van der Waals surface area contributed by atoms with Crippen LogP contribution in [0.5, 0.6) is 5.75 Å². The van der Waals surface area contributed by atoms with E-state index in [2.05, 4.69) is 5.32 Å². The number of esters is 1. The van der Waals surface area contributed by atoms with Gasteiger partial charge < -0.3 is 14.8 Å². The first-order chi connectivity index (χ1) is 11.4. The van der Waals surface area contributed by atoms with Gasteiger partial charge >= 0.3 is 5.97 Å². The van der Waals surface area contributed by atoms with Crippen LogP contribution >= 0.6 is 11.6 Å². The van der Waals surface area contributed by atoms with Gasteiger partial charge in [-0.2, -0.15) is 0 Å². The van der Waals surface area contributed by atoms with Crippen LogP contribution in [0.25, 0.3) is 0 Å². The Bertz CT molecular complexity index is 738. The molecule has 0 aliphatic rings. The molecule has 1 atom stereocenters. The first kappa shape index (κ1) is 17.7. The summed E-state index contributed by atoms with van der Waals surface area (Å²) in [5, 5.41) is 2.89. The summed E-state index contributed by atoms with van der Waals surface area (Å²) in [5.41, 5.74) is 0.277. The topological polar surface area (TPSA) is 64.6 Å². The van der Waals surface area contributed by atoms with Gasteiger partial charge in [0.05, 0.1) is 0 Å². The van der Waals surface area contributed by atoms with Crippen molar-refractivity contribution >= 4 is 29.2 Å². The van der Waals surface area contributed by atoms with Crippen LogP contribution in [0.1, 0.15) is 6.92 Å². The van der Waals surface area contributed by atoms with E-state index in [9.17, 15) is 14.0 Å². The van der Waals surface area contributed by atoms with Gasteiger partial charge in [-0.25, -0.2) is 9.18 Å². The van der Waals surface area contributed by atoms with Crippen molar-refractivity contribution in [3.63, 3.8) is 0 Å². The fraction of sp³-hybridized carbons (Fsp3) is 0.176. The summed E-state index contributed by atoms with van der Waals surface area (Å²) in [4.78, 5) is 23.5. The van der Waals surface area contributed by atoms with Crippen molar-refractivity contribution in [2.24, 2.45) is 0 Å². The van der Waals surface area contributed by atoms with Gasteiger partial charge in [-0.05, 0) is 43.3 Å². The summed E-state index contributed by atoms with van der Waals surface area (Å²) in [5.74, 6) is -1.35. The highest BCUT2D eigenvalue weighted by molar-refractivity contribution is 6.30. The van der Waals surface area contributed by atoms with Crippen molar-refractivity contribution in [1.82, 2.24) is 0 Å². The summed E-state index contributed by atoms with van der Waals surface area (Å²) < 4.78 is 23.3. The van der Waals surface area contributed by atoms with Gasteiger partial charge in [-0.15, -0.1) is 0 Å². The summed E-state index contributed by atoms with van der Waals surface area (Å²) in [6.07, 6.45) is -0.912. The minimum absolute atomic E-state index is 0.277. The highest BCUT2D eigenvalue weighted by atomic mass is 35.5. The maximum absolute atomic E-state index is 13.0. The number of halogens is 2. The third-order valence-corrected chi connectivity index (χ3v) is 3.13. The first-order valence-electron chi connectivity index (χ1n) is 7.08. The smallest absolute Gasteiger partial charge is 0.347 e. The molecule has 1 N–H and O–H groups in total. The summed E-state index contributed by atoms with van der Waals surface area (Å²) >= 11 is 5.82. The molecule has 0 radical (unpaired) electrons. The van der Waals surface area contributed by atoms with Crippen molar-refractivity contribution in [2.75, 3.05) is 11.9 Å². The van der Waals surface area contributed by atoms with Crippen molar-refractivity contribution in [2.45, 2.75) is 13.0 Å². The molecule has 1 unspecified atom stereocenters. The second-order valence-corrected chi connectivity index (χ2v) is 5.32. The average Bonchev–Trinajstić information content (AvgIpc) is 2.52. The van der Waals surface area contributed by atoms with E-state index in [1.165, 1.54) is 25.1 Å². The lowest BCUT2D eigenvalue weighted by Crippen LogP contribution is -2.29. The summed E-state index contributed by atoms with van der Waals surface area (Å²) in [6.45, 7) is 0.992. The van der Waals surface area contributed by atoms with E-state index in [0.29, 0.717) is 10.8 Å². The Morgan fingerprint density at radius 1 is 1.21 bits per heavy atom. The SMILES string of the molecule is CC(Oc1cccc(Cl)c1)C(=O)OCC(=O)Nc1cccc(F)c1. The molecule has 1 amide bonds. The maximum atomic E-state index is 13.0. The minimum atomic E-state index is -0.912. The highest BCUT2D eigenvalue weighted by Gasteiger charge is 2.18. The molecule has 0 aliphatic heterocycles. The van der Waals surface area contributed by atoms with E-state index in [1.54, 1.807) is 24.3 Å². The fourth-order valence-corrected chi connectivity index (χ4v) is 1.99. The van der Waals surface area contributed by atoms with Crippen LogP contribution in [-0.2, 0) is 14.3 Å². The monoisotopic (exact) mass is 351 g/mol. The molecule has 5 nitrogen and oxygen atoms in total. The Kier molecular flexibility index (Phi) is 6.14. The number of nitrogens with one attached hydrogen (secondary N) is 1. The molecule has 7 heteroatoms. The number of ether oxygens (including phenoxy) is 2. The Hall–Kier alpha value is -2.60. The zero-order chi connectivity index (χ0) is 17.5. The molecule has 0 aliphatic carbocycles. The van der Waals surface area contributed by atoms with Crippen molar-refractivity contribution in [3.8, 4) is 5.75 Å². The largest absolute Gasteiger partial charge is 0.479 e. The Labute approximate surface area is 143 Å². The molecule has 0 fully saturated rings. The molecular formula is C17H15ClFNO4. The lowest BCUT2D eigenvalue weighted by molar-refractivity contribution is -0.153. The number of anilines is 1. The lowest BCUT2D eigenvalue weighted by Gasteiger charge is -2.14. The molecule has 24 heavy (non-hydrogen) atoms. The predicted molar refractivity (Wildman–Crippen MR) is 87.5 cm³/mol. The third-order valence-electron chi connectivity index (χ3n) is 2.89. The molecule has 2 aromatic carbocycles. The number of carbonyl (C=O) groups is 2. The number of carbonyl (C=O) groups excluding carboxylic acids is 2. The number of amides is 1. The molecule has 0 aromatic heterocycles. The van der Waals surface area contributed by atoms with Gasteiger partial charge in [-0.3, -0.25) is 4.79 Å². The number of hydrogen-bond acceptors (Lipinski definition) is 4. The number of rotatable bonds is 6. The average molecular weight is 352 g/mol. The highest BCUT2D eigenvalue weighted by Crippen LogP contribution is 2.18. The molecule has 0 saturated heterocycles. The Morgan fingerprint density at radius 3 is 2.67 bits per heavy atom. The van der Waals surface area contributed by atoms with Crippen LogP contribution in [0.3, 0.4) is 0 Å². The van der Waals surface area contributed by atoms with E-state index in [1.807, 2.05) is 0 Å². The number of hydrogen-bond donors (Lipinski definition) is 1. The van der Waals surface area contributed by atoms with Gasteiger partial charge in [0.1, 0.15) is 11.6 Å². The molecule has 2 aromatic rings. The Balaban J connectivity index is 1.80. The standard InChI is InChI=1S/C17H15ClFNO4/c1-11(24-15-7-2-4-12(18)8-15)17(22)23-10-16(21)20-14-6-3-5-13(19)9-14/h2-9,11H,10H2,1H3,(H,20,21). The van der Waals surface area contributed by atoms with Gasteiger partial charge in [0.2, 0.25) is 0 Å². The van der Waals surface area contributed by atoms with Gasteiger partial charge in [0.15, 0.2) is 12.7 Å². The summed E-state index contributed by atoms with van der Waals surface area (Å²) in [6, 6.07) is 11.9. The molecule has 0 bridgehead atoms. The van der Waals surface area contributed by atoms with Crippen molar-refractivity contribution < 1.29 is 23.5 Å². The summed E-state index contributed by atoms with van der Waals surface area (Å²) in [7, 11) is 0. The van der Waals surface area contributed by atoms with E-state index in [-0.39, 0.29) is 5.69 Å². The molecule has 126 valence electrons. The molecule has 0 heterocycles. The second-order valence-electron chi connectivity index (χ2n) is 4.88.